The maximum atomic E-state index is 12.2. The first-order valence-electron chi connectivity index (χ1n) is 6.64. The first-order chi connectivity index (χ1) is 9.87. The molecule has 0 aliphatic heterocycles. The molecule has 2 aromatic rings. The molecule has 1 heterocycles. The Morgan fingerprint density at radius 3 is 2.48 bits per heavy atom. The van der Waals surface area contributed by atoms with Crippen LogP contribution in [0.15, 0.2) is 35.2 Å². The average molecular weight is 309 g/mol. The summed E-state index contributed by atoms with van der Waals surface area (Å²) in [5, 5.41) is 6.54. The molecular weight excluding hydrogens is 290 g/mol. The maximum absolute atomic E-state index is 12.2. The zero-order valence-corrected chi connectivity index (χ0v) is 13.1. The van der Waals surface area contributed by atoms with Gasteiger partial charge in [0.15, 0.2) is 5.82 Å². The van der Waals surface area contributed by atoms with Gasteiger partial charge in [0.05, 0.1) is 11.5 Å². The molecule has 0 radical (unpaired) electrons. The van der Waals surface area contributed by atoms with Crippen LogP contribution in [-0.4, -0.2) is 25.2 Å². The average Bonchev–Trinajstić information content (AvgIpc) is 2.81. The van der Waals surface area contributed by atoms with E-state index >= 15 is 0 Å². The van der Waals surface area contributed by atoms with Gasteiger partial charge in [-0.1, -0.05) is 13.8 Å². The Morgan fingerprint density at radius 2 is 1.95 bits per heavy atom. The molecule has 1 aromatic carbocycles. The van der Waals surface area contributed by atoms with E-state index < -0.39 is 10.0 Å². The fourth-order valence-electron chi connectivity index (χ4n) is 1.64. The molecule has 0 atom stereocenters. The first-order valence-corrected chi connectivity index (χ1v) is 8.13. The van der Waals surface area contributed by atoms with Crippen molar-refractivity contribution in [3.8, 4) is 5.75 Å². The largest absolute Gasteiger partial charge is 0.493 e. The van der Waals surface area contributed by atoms with Gasteiger partial charge in [-0.15, -0.1) is 0 Å². The second-order valence-corrected chi connectivity index (χ2v) is 6.90. The Morgan fingerprint density at radius 1 is 1.29 bits per heavy atom. The quantitative estimate of drug-likeness (QED) is 0.859. The third kappa shape index (κ3) is 4.22. The monoisotopic (exact) mass is 309 g/mol. The number of aryl methyl sites for hydroxylation is 1. The van der Waals surface area contributed by atoms with Crippen molar-refractivity contribution in [3.63, 3.8) is 0 Å². The highest BCUT2D eigenvalue weighted by atomic mass is 32.2. The summed E-state index contributed by atoms with van der Waals surface area (Å²) < 4.78 is 32.3. The topological polar surface area (TPSA) is 84.1 Å². The number of nitrogens with zero attached hydrogens (tertiary/aromatic N) is 1. The number of hydrogen-bond acceptors (Lipinski definition) is 4. The molecule has 0 aliphatic rings. The van der Waals surface area contributed by atoms with Crippen molar-refractivity contribution in [3.05, 3.63) is 36.0 Å². The van der Waals surface area contributed by atoms with Crippen LogP contribution < -0.4 is 9.46 Å². The van der Waals surface area contributed by atoms with Crippen molar-refractivity contribution in [1.82, 2.24) is 10.2 Å². The van der Waals surface area contributed by atoms with Gasteiger partial charge < -0.3 is 4.74 Å². The van der Waals surface area contributed by atoms with E-state index in [1.807, 2.05) is 0 Å². The van der Waals surface area contributed by atoms with Gasteiger partial charge in [0, 0.05) is 11.8 Å². The highest BCUT2D eigenvalue weighted by Gasteiger charge is 2.15. The van der Waals surface area contributed by atoms with Crippen LogP contribution in [0.3, 0.4) is 0 Å². The number of aromatic amines is 1. The van der Waals surface area contributed by atoms with Crippen molar-refractivity contribution in [2.24, 2.45) is 5.92 Å². The molecule has 0 unspecified atom stereocenters. The van der Waals surface area contributed by atoms with Crippen LogP contribution >= 0.6 is 0 Å². The number of benzene rings is 1. The zero-order chi connectivity index (χ0) is 15.5. The highest BCUT2D eigenvalue weighted by Crippen LogP contribution is 2.19. The Labute approximate surface area is 124 Å². The SMILES string of the molecule is Cc1cc(NS(=O)(=O)c2ccc(OCC(C)C)cc2)n[nH]1. The predicted octanol–water partition coefficient (Wildman–Crippen LogP) is 2.55. The third-order valence-corrected chi connectivity index (χ3v) is 4.03. The van der Waals surface area contributed by atoms with Crippen molar-refractivity contribution in [2.75, 3.05) is 11.3 Å². The standard InChI is InChI=1S/C14H19N3O3S/c1-10(2)9-20-12-4-6-13(7-5-12)21(18,19)17-14-8-11(3)15-16-14/h4-8,10H,9H2,1-3H3,(H2,15,16,17). The van der Waals surface area contributed by atoms with E-state index in [1.54, 1.807) is 25.1 Å². The van der Waals surface area contributed by atoms with Crippen molar-refractivity contribution in [1.29, 1.82) is 0 Å². The maximum Gasteiger partial charge on any atom is 0.263 e. The normalized spacial score (nSPS) is 11.6. The van der Waals surface area contributed by atoms with Gasteiger partial charge in [-0.3, -0.25) is 9.82 Å². The van der Waals surface area contributed by atoms with E-state index in [1.165, 1.54) is 12.1 Å². The van der Waals surface area contributed by atoms with E-state index in [-0.39, 0.29) is 10.7 Å². The van der Waals surface area contributed by atoms with Crippen LogP contribution in [0.5, 0.6) is 5.75 Å². The Balaban J connectivity index is 2.09. The van der Waals surface area contributed by atoms with Crippen LogP contribution in [0.25, 0.3) is 0 Å². The number of nitrogens with one attached hydrogen (secondary N) is 2. The molecule has 0 bridgehead atoms. The summed E-state index contributed by atoms with van der Waals surface area (Å²) in [5.74, 6) is 1.34. The van der Waals surface area contributed by atoms with Gasteiger partial charge >= 0.3 is 0 Å². The van der Waals surface area contributed by atoms with Crippen LogP contribution in [0.4, 0.5) is 5.82 Å². The lowest BCUT2D eigenvalue weighted by Gasteiger charge is -2.09. The lowest BCUT2D eigenvalue weighted by atomic mass is 10.2. The van der Waals surface area contributed by atoms with Gasteiger partial charge in [0.1, 0.15) is 5.75 Å². The molecule has 114 valence electrons. The molecule has 21 heavy (non-hydrogen) atoms. The van der Waals surface area contributed by atoms with E-state index in [4.69, 9.17) is 4.74 Å². The van der Waals surface area contributed by atoms with Crippen LogP contribution in [-0.2, 0) is 10.0 Å². The molecule has 0 aliphatic carbocycles. The second kappa shape index (κ2) is 6.17. The Bertz CT molecular complexity index is 691. The smallest absolute Gasteiger partial charge is 0.263 e. The van der Waals surface area contributed by atoms with Gasteiger partial charge in [0.25, 0.3) is 10.0 Å². The van der Waals surface area contributed by atoms with E-state index in [0.717, 1.165) is 5.69 Å². The third-order valence-electron chi connectivity index (χ3n) is 2.66. The highest BCUT2D eigenvalue weighted by molar-refractivity contribution is 7.92. The number of H-pyrrole nitrogens is 1. The van der Waals surface area contributed by atoms with Crippen molar-refractivity contribution >= 4 is 15.8 Å². The number of aromatic nitrogens is 2. The zero-order valence-electron chi connectivity index (χ0n) is 12.3. The number of rotatable bonds is 6. The number of ether oxygens (including phenoxy) is 1. The minimum Gasteiger partial charge on any atom is -0.493 e. The molecule has 2 N–H and O–H groups in total. The van der Waals surface area contributed by atoms with Gasteiger partial charge in [-0.05, 0) is 37.1 Å². The summed E-state index contributed by atoms with van der Waals surface area (Å²) in [6.07, 6.45) is 0. The summed E-state index contributed by atoms with van der Waals surface area (Å²) in [7, 11) is -3.64. The first kappa shape index (κ1) is 15.4. The molecule has 1 aromatic heterocycles. The second-order valence-electron chi connectivity index (χ2n) is 5.22. The van der Waals surface area contributed by atoms with E-state index in [2.05, 4.69) is 28.8 Å². The number of hydrogen-bond donors (Lipinski definition) is 2. The summed E-state index contributed by atoms with van der Waals surface area (Å²) in [5.41, 5.74) is 0.783. The summed E-state index contributed by atoms with van der Waals surface area (Å²) in [6.45, 7) is 6.49. The minimum atomic E-state index is -3.64. The molecular formula is C14H19N3O3S. The van der Waals surface area contributed by atoms with Crippen LogP contribution in [0.1, 0.15) is 19.5 Å². The van der Waals surface area contributed by atoms with Gasteiger partial charge in [-0.25, -0.2) is 8.42 Å². The Hall–Kier alpha value is -2.02. The lowest BCUT2D eigenvalue weighted by Crippen LogP contribution is -2.13. The molecule has 7 heteroatoms. The van der Waals surface area contributed by atoms with Crippen molar-refractivity contribution in [2.45, 2.75) is 25.7 Å². The summed E-state index contributed by atoms with van der Waals surface area (Å²) in [6, 6.07) is 7.94. The molecule has 2 rings (SSSR count). The van der Waals surface area contributed by atoms with Crippen LogP contribution in [0.2, 0.25) is 0 Å². The molecule has 0 fully saturated rings. The molecule has 6 nitrogen and oxygen atoms in total. The fourth-order valence-corrected chi connectivity index (χ4v) is 2.64. The van der Waals surface area contributed by atoms with Gasteiger partial charge in [0.2, 0.25) is 0 Å². The fraction of sp³-hybridized carbons (Fsp3) is 0.357. The molecule has 0 saturated heterocycles. The minimum absolute atomic E-state index is 0.167. The predicted molar refractivity (Wildman–Crippen MR) is 80.9 cm³/mol. The molecule has 0 saturated carbocycles. The summed E-state index contributed by atoms with van der Waals surface area (Å²) >= 11 is 0. The van der Waals surface area contributed by atoms with Crippen LogP contribution in [0, 0.1) is 12.8 Å². The number of sulfonamides is 1. The number of anilines is 1. The summed E-state index contributed by atoms with van der Waals surface area (Å²) in [4.78, 5) is 0.167. The van der Waals surface area contributed by atoms with Crippen molar-refractivity contribution < 1.29 is 13.2 Å². The Kier molecular flexibility index (Phi) is 4.52. The molecule has 0 spiro atoms. The molecule has 0 amide bonds. The van der Waals surface area contributed by atoms with Gasteiger partial charge in [-0.2, -0.15) is 5.10 Å². The van der Waals surface area contributed by atoms with E-state index in [9.17, 15) is 8.42 Å². The van der Waals surface area contributed by atoms with E-state index in [0.29, 0.717) is 18.3 Å². The lowest BCUT2D eigenvalue weighted by molar-refractivity contribution is 0.271.